The number of carbonyl (C=O) groups is 2. The van der Waals surface area contributed by atoms with E-state index in [1.807, 2.05) is 0 Å². The van der Waals surface area contributed by atoms with Gasteiger partial charge in [-0.05, 0) is 42.5 Å². The summed E-state index contributed by atoms with van der Waals surface area (Å²) in [5.74, 6) is -1.01. The Kier molecular flexibility index (Phi) is 5.21. The van der Waals surface area contributed by atoms with Gasteiger partial charge in [-0.1, -0.05) is 18.2 Å². The predicted molar refractivity (Wildman–Crippen MR) is 97.8 cm³/mol. The van der Waals surface area contributed by atoms with Crippen LogP contribution in [0.3, 0.4) is 0 Å². The zero-order chi connectivity index (χ0) is 20.3. The van der Waals surface area contributed by atoms with Crippen LogP contribution in [0.4, 0.5) is 24.5 Å². The molecule has 2 aromatic carbocycles. The molecule has 0 fully saturated rings. The third-order valence-corrected chi connectivity index (χ3v) is 3.79. The number of alkyl halides is 3. The lowest BCUT2D eigenvalue weighted by molar-refractivity contribution is -0.137. The molecule has 1 aromatic heterocycles. The summed E-state index contributed by atoms with van der Waals surface area (Å²) in [7, 11) is 0. The minimum atomic E-state index is -4.54. The number of halogens is 3. The second kappa shape index (κ2) is 7.59. The van der Waals surface area contributed by atoms with Crippen LogP contribution < -0.4 is 10.6 Å². The van der Waals surface area contributed by atoms with Gasteiger partial charge in [-0.25, -0.2) is 0 Å². The van der Waals surface area contributed by atoms with Crippen molar-refractivity contribution >= 4 is 23.2 Å². The number of hydrogen-bond donors (Lipinski definition) is 2. The summed E-state index contributed by atoms with van der Waals surface area (Å²) in [4.78, 5) is 23.3. The van der Waals surface area contributed by atoms with Crippen molar-refractivity contribution < 1.29 is 27.2 Å². The summed E-state index contributed by atoms with van der Waals surface area (Å²) in [6.45, 7) is 1.38. The monoisotopic (exact) mass is 388 g/mol. The Morgan fingerprint density at radius 2 is 1.46 bits per heavy atom. The van der Waals surface area contributed by atoms with Gasteiger partial charge in [0.1, 0.15) is 5.76 Å². The smallest absolute Gasteiger partial charge is 0.417 e. The van der Waals surface area contributed by atoms with Crippen LogP contribution in [-0.2, 0) is 11.0 Å². The highest BCUT2D eigenvalue weighted by atomic mass is 19.4. The van der Waals surface area contributed by atoms with Crippen molar-refractivity contribution in [2.75, 3.05) is 10.6 Å². The van der Waals surface area contributed by atoms with E-state index in [2.05, 4.69) is 10.6 Å². The van der Waals surface area contributed by atoms with Gasteiger partial charge in [0, 0.05) is 23.9 Å². The van der Waals surface area contributed by atoms with Gasteiger partial charge in [0.2, 0.25) is 5.91 Å². The third kappa shape index (κ3) is 4.40. The zero-order valence-corrected chi connectivity index (χ0v) is 14.6. The van der Waals surface area contributed by atoms with Gasteiger partial charge >= 0.3 is 6.18 Å². The van der Waals surface area contributed by atoms with E-state index in [0.717, 1.165) is 6.07 Å². The molecular weight excluding hydrogens is 373 g/mol. The molecule has 28 heavy (non-hydrogen) atoms. The molecular formula is C20H15F3N2O3. The first-order chi connectivity index (χ1) is 13.2. The molecule has 0 saturated heterocycles. The molecule has 5 nitrogen and oxygen atoms in total. The van der Waals surface area contributed by atoms with Gasteiger partial charge in [-0.3, -0.25) is 9.59 Å². The molecule has 2 N–H and O–H groups in total. The molecule has 0 unspecified atom stereocenters. The topological polar surface area (TPSA) is 71.3 Å². The first kappa shape index (κ1) is 19.2. The SMILES string of the molecule is CC(=O)Nc1ccc(NC(=O)c2ccc(-c3ccccc3C(F)(F)F)o2)cc1. The maximum Gasteiger partial charge on any atom is 0.417 e. The fourth-order valence-electron chi connectivity index (χ4n) is 2.58. The molecule has 0 bridgehead atoms. The van der Waals surface area contributed by atoms with Crippen molar-refractivity contribution in [1.82, 2.24) is 0 Å². The molecule has 0 aliphatic heterocycles. The third-order valence-electron chi connectivity index (χ3n) is 3.79. The molecule has 8 heteroatoms. The number of benzene rings is 2. The van der Waals surface area contributed by atoms with Crippen molar-refractivity contribution in [2.45, 2.75) is 13.1 Å². The van der Waals surface area contributed by atoms with Crippen LogP contribution in [0.15, 0.2) is 65.1 Å². The van der Waals surface area contributed by atoms with Crippen LogP contribution >= 0.6 is 0 Å². The summed E-state index contributed by atoms with van der Waals surface area (Å²) >= 11 is 0. The van der Waals surface area contributed by atoms with Crippen LogP contribution in [-0.4, -0.2) is 11.8 Å². The van der Waals surface area contributed by atoms with Gasteiger partial charge in [0.25, 0.3) is 5.91 Å². The molecule has 2 amide bonds. The molecule has 0 aliphatic rings. The summed E-state index contributed by atoms with van der Waals surface area (Å²) in [6.07, 6.45) is -4.54. The van der Waals surface area contributed by atoms with Gasteiger partial charge in [0.15, 0.2) is 5.76 Å². The second-order valence-corrected chi connectivity index (χ2v) is 5.92. The molecule has 0 radical (unpaired) electrons. The maximum atomic E-state index is 13.2. The van der Waals surface area contributed by atoms with Crippen molar-refractivity contribution in [3.05, 3.63) is 72.0 Å². The number of rotatable bonds is 4. The number of carbonyl (C=O) groups excluding carboxylic acids is 2. The van der Waals surface area contributed by atoms with Crippen molar-refractivity contribution in [2.24, 2.45) is 0 Å². The van der Waals surface area contributed by atoms with Crippen LogP contribution in [0.1, 0.15) is 23.0 Å². The van der Waals surface area contributed by atoms with Crippen LogP contribution in [0.5, 0.6) is 0 Å². The summed E-state index contributed by atoms with van der Waals surface area (Å²) in [6, 6.07) is 14.0. The fraction of sp³-hybridized carbons (Fsp3) is 0.100. The maximum absolute atomic E-state index is 13.2. The molecule has 3 aromatic rings. The quantitative estimate of drug-likeness (QED) is 0.647. The highest BCUT2D eigenvalue weighted by Crippen LogP contribution is 2.37. The average molecular weight is 388 g/mol. The zero-order valence-electron chi connectivity index (χ0n) is 14.6. The Morgan fingerprint density at radius 1 is 0.857 bits per heavy atom. The number of hydrogen-bond acceptors (Lipinski definition) is 3. The normalized spacial score (nSPS) is 11.1. The Hall–Kier alpha value is -3.55. The minimum absolute atomic E-state index is 0.0564. The first-order valence-electron chi connectivity index (χ1n) is 8.19. The lowest BCUT2D eigenvalue weighted by Crippen LogP contribution is -2.11. The largest absolute Gasteiger partial charge is 0.451 e. The first-order valence-corrected chi connectivity index (χ1v) is 8.19. The van der Waals surface area contributed by atoms with Crippen LogP contribution in [0.25, 0.3) is 11.3 Å². The van der Waals surface area contributed by atoms with Gasteiger partial charge < -0.3 is 15.1 Å². The Bertz CT molecular complexity index is 1010. The van der Waals surface area contributed by atoms with Crippen LogP contribution in [0, 0.1) is 0 Å². The van der Waals surface area contributed by atoms with Gasteiger partial charge in [0.05, 0.1) is 5.56 Å². The van der Waals surface area contributed by atoms with Crippen molar-refractivity contribution in [3.8, 4) is 11.3 Å². The minimum Gasteiger partial charge on any atom is -0.451 e. The van der Waals surface area contributed by atoms with Gasteiger partial charge in [-0.15, -0.1) is 0 Å². The number of furan rings is 1. The Morgan fingerprint density at radius 3 is 2.07 bits per heavy atom. The molecule has 0 aliphatic carbocycles. The lowest BCUT2D eigenvalue weighted by atomic mass is 10.1. The van der Waals surface area contributed by atoms with E-state index in [0.29, 0.717) is 11.4 Å². The van der Waals surface area contributed by atoms with E-state index >= 15 is 0 Å². The predicted octanol–water partition coefficient (Wildman–Crippen LogP) is 5.18. The van der Waals surface area contributed by atoms with E-state index in [1.165, 1.54) is 37.3 Å². The van der Waals surface area contributed by atoms with E-state index < -0.39 is 17.6 Å². The lowest BCUT2D eigenvalue weighted by Gasteiger charge is -2.10. The number of amides is 2. The van der Waals surface area contributed by atoms with Crippen molar-refractivity contribution in [1.29, 1.82) is 0 Å². The summed E-state index contributed by atoms with van der Waals surface area (Å²) in [5.41, 5.74) is 0.0147. The number of anilines is 2. The van der Waals surface area contributed by atoms with Crippen molar-refractivity contribution in [3.63, 3.8) is 0 Å². The van der Waals surface area contributed by atoms with Gasteiger partial charge in [-0.2, -0.15) is 13.2 Å². The average Bonchev–Trinajstić information content (AvgIpc) is 3.12. The molecule has 1 heterocycles. The molecule has 0 spiro atoms. The highest BCUT2D eigenvalue weighted by Gasteiger charge is 2.34. The summed E-state index contributed by atoms with van der Waals surface area (Å²) < 4.78 is 44.8. The van der Waals surface area contributed by atoms with E-state index in [9.17, 15) is 22.8 Å². The Balaban J connectivity index is 1.77. The second-order valence-electron chi connectivity index (χ2n) is 5.92. The standard InChI is InChI=1S/C20H15F3N2O3/c1-12(26)24-13-6-8-14(9-7-13)25-19(27)18-11-10-17(28-18)15-4-2-3-5-16(15)20(21,22)23/h2-11H,1H3,(H,24,26)(H,25,27). The number of nitrogens with one attached hydrogen (secondary N) is 2. The van der Waals surface area contributed by atoms with Crippen LogP contribution in [0.2, 0.25) is 0 Å². The van der Waals surface area contributed by atoms with E-state index in [-0.39, 0.29) is 23.0 Å². The van der Waals surface area contributed by atoms with E-state index in [1.54, 1.807) is 24.3 Å². The fourth-order valence-corrected chi connectivity index (χ4v) is 2.58. The highest BCUT2D eigenvalue weighted by molar-refractivity contribution is 6.02. The molecule has 3 rings (SSSR count). The molecule has 0 saturated carbocycles. The summed E-state index contributed by atoms with van der Waals surface area (Å²) in [5, 5.41) is 5.17. The molecule has 144 valence electrons. The Labute approximate surface area is 158 Å². The van der Waals surface area contributed by atoms with E-state index in [4.69, 9.17) is 4.42 Å². The molecule has 0 atom stereocenters.